The smallest absolute Gasteiger partial charge is 0.330 e. The number of rotatable bonds is 39. The minimum Gasteiger partial charge on any atom is -0.463 e. The molecular weight excluding hydrogens is 560 g/mol. The molecule has 0 spiro atoms. The van der Waals surface area contributed by atoms with Gasteiger partial charge in [0.1, 0.15) is 0 Å². The van der Waals surface area contributed by atoms with Crippen molar-refractivity contribution >= 4 is 5.97 Å². The van der Waals surface area contributed by atoms with Gasteiger partial charge >= 0.3 is 5.97 Å². The van der Waals surface area contributed by atoms with Crippen molar-refractivity contribution < 1.29 is 9.53 Å². The highest BCUT2D eigenvalue weighted by Crippen LogP contribution is 2.16. The Labute approximate surface area is 290 Å². The molecule has 0 aliphatic heterocycles. The van der Waals surface area contributed by atoms with Gasteiger partial charge in [0.15, 0.2) is 0 Å². The number of ether oxygens (including phenoxy) is 1. The third-order valence-electron chi connectivity index (χ3n) is 9.70. The van der Waals surface area contributed by atoms with E-state index in [0.29, 0.717) is 6.61 Å². The predicted molar refractivity (Wildman–Crippen MR) is 207 cm³/mol. The molecule has 0 saturated heterocycles. The average molecular weight is 645 g/mol. The maximum Gasteiger partial charge on any atom is 0.330 e. The van der Waals surface area contributed by atoms with Gasteiger partial charge in [0, 0.05) is 6.08 Å². The first-order chi connectivity index (χ1) is 22.8. The third kappa shape index (κ3) is 41.0. The van der Waals surface area contributed by atoms with E-state index in [1.807, 2.05) is 12.2 Å². The molecule has 0 amide bonds. The Morgan fingerprint density at radius 3 is 0.978 bits per heavy atom. The summed E-state index contributed by atoms with van der Waals surface area (Å²) in [6.45, 7) is 5.15. The van der Waals surface area contributed by atoms with Crippen molar-refractivity contribution in [2.75, 3.05) is 6.61 Å². The van der Waals surface area contributed by atoms with Crippen LogP contribution in [0.15, 0.2) is 24.3 Å². The van der Waals surface area contributed by atoms with Gasteiger partial charge in [0.05, 0.1) is 6.61 Å². The highest BCUT2D eigenvalue weighted by atomic mass is 16.5. The maximum atomic E-state index is 11.9. The Morgan fingerprint density at radius 2 is 0.652 bits per heavy atom. The van der Waals surface area contributed by atoms with Gasteiger partial charge in [-0.15, -0.1) is 0 Å². The van der Waals surface area contributed by atoms with Crippen LogP contribution in [0.2, 0.25) is 0 Å². The largest absolute Gasteiger partial charge is 0.463 e. The van der Waals surface area contributed by atoms with Gasteiger partial charge in [0.2, 0.25) is 0 Å². The summed E-state index contributed by atoms with van der Waals surface area (Å²) in [6, 6.07) is 0. The van der Waals surface area contributed by atoms with Crippen LogP contribution in [-0.2, 0) is 9.53 Å². The van der Waals surface area contributed by atoms with Crippen LogP contribution in [0.25, 0.3) is 0 Å². The topological polar surface area (TPSA) is 26.3 Å². The van der Waals surface area contributed by atoms with Gasteiger partial charge in [-0.3, -0.25) is 0 Å². The molecule has 0 rings (SSSR count). The highest BCUT2D eigenvalue weighted by Gasteiger charge is 1.98. The van der Waals surface area contributed by atoms with Gasteiger partial charge in [-0.25, -0.2) is 4.79 Å². The summed E-state index contributed by atoms with van der Waals surface area (Å²) < 4.78 is 5.36. The van der Waals surface area contributed by atoms with E-state index < -0.39 is 0 Å². The van der Waals surface area contributed by atoms with Crippen molar-refractivity contribution in [1.29, 1.82) is 0 Å². The summed E-state index contributed by atoms with van der Waals surface area (Å²) in [7, 11) is 0. The van der Waals surface area contributed by atoms with Crippen LogP contribution < -0.4 is 0 Å². The number of unbranched alkanes of at least 4 members (excludes halogenated alkanes) is 34. The number of allylic oxidation sites excluding steroid dienone is 3. The Kier molecular flexibility index (Phi) is 41.0. The molecule has 272 valence electrons. The molecule has 0 radical (unpaired) electrons. The average Bonchev–Trinajstić information content (AvgIpc) is 3.06. The van der Waals surface area contributed by atoms with E-state index in [2.05, 4.69) is 19.9 Å². The van der Waals surface area contributed by atoms with E-state index in [1.54, 1.807) is 6.08 Å². The number of esters is 1. The Morgan fingerprint density at radius 1 is 0.370 bits per heavy atom. The molecule has 0 aromatic rings. The van der Waals surface area contributed by atoms with Crippen LogP contribution in [0.4, 0.5) is 0 Å². The summed E-state index contributed by atoms with van der Waals surface area (Å²) in [6.07, 6.45) is 57.5. The third-order valence-corrected chi connectivity index (χ3v) is 9.70. The molecule has 0 unspecified atom stereocenters. The lowest BCUT2D eigenvalue weighted by atomic mass is 10.0. The first-order valence-corrected chi connectivity index (χ1v) is 21.3. The molecule has 0 saturated carbocycles. The van der Waals surface area contributed by atoms with Crippen LogP contribution in [-0.4, -0.2) is 12.6 Å². The second-order valence-electron chi connectivity index (χ2n) is 14.4. The molecule has 0 fully saturated rings. The van der Waals surface area contributed by atoms with E-state index in [1.165, 1.54) is 218 Å². The Balaban J connectivity index is 3.24. The molecule has 0 heterocycles. The van der Waals surface area contributed by atoms with Crippen LogP contribution in [0.3, 0.4) is 0 Å². The van der Waals surface area contributed by atoms with Crippen molar-refractivity contribution in [3.8, 4) is 0 Å². The van der Waals surface area contributed by atoms with Crippen molar-refractivity contribution in [2.24, 2.45) is 0 Å². The minimum absolute atomic E-state index is 0.200. The zero-order valence-corrected chi connectivity index (χ0v) is 31.8. The molecule has 2 heteroatoms. The lowest BCUT2D eigenvalue weighted by Gasteiger charge is -2.04. The summed E-state index contributed by atoms with van der Waals surface area (Å²) in [4.78, 5) is 11.9. The van der Waals surface area contributed by atoms with E-state index >= 15 is 0 Å². The lowest BCUT2D eigenvalue weighted by molar-refractivity contribution is -0.137. The predicted octanol–water partition coefficient (Wildman–Crippen LogP) is 15.7. The van der Waals surface area contributed by atoms with Crippen LogP contribution >= 0.6 is 0 Å². The van der Waals surface area contributed by atoms with Gasteiger partial charge in [-0.2, -0.15) is 0 Å². The molecular formula is C44H84O2. The second-order valence-corrected chi connectivity index (χ2v) is 14.4. The zero-order valence-electron chi connectivity index (χ0n) is 31.8. The number of carbonyl (C=O) groups excluding carboxylic acids is 1. The van der Waals surface area contributed by atoms with E-state index in [-0.39, 0.29) is 5.97 Å². The SMILES string of the molecule is CCCCCCCCCCCCCCCC=CC=CC(=O)OCCCCCCCCCCCCCCCCCCCCCCCC. The molecule has 0 aromatic heterocycles. The number of hydrogen-bond donors (Lipinski definition) is 0. The highest BCUT2D eigenvalue weighted by molar-refractivity contribution is 5.82. The molecule has 0 aromatic carbocycles. The summed E-state index contributed by atoms with van der Waals surface area (Å²) in [5.41, 5.74) is 0. The quantitative estimate of drug-likeness (QED) is 0.0288. The van der Waals surface area contributed by atoms with Crippen LogP contribution in [0, 0.1) is 0 Å². The summed E-state index contributed by atoms with van der Waals surface area (Å²) in [5.74, 6) is -0.200. The van der Waals surface area contributed by atoms with Crippen molar-refractivity contribution in [3.63, 3.8) is 0 Å². The molecule has 0 aliphatic carbocycles. The fourth-order valence-electron chi connectivity index (χ4n) is 6.52. The number of hydrogen-bond acceptors (Lipinski definition) is 2. The second kappa shape index (κ2) is 42.0. The lowest BCUT2D eigenvalue weighted by Crippen LogP contribution is -2.02. The molecule has 0 N–H and O–H groups in total. The van der Waals surface area contributed by atoms with Crippen molar-refractivity contribution in [3.05, 3.63) is 24.3 Å². The van der Waals surface area contributed by atoms with Gasteiger partial charge in [-0.1, -0.05) is 244 Å². The van der Waals surface area contributed by atoms with Gasteiger partial charge < -0.3 is 4.74 Å². The minimum atomic E-state index is -0.200. The molecule has 0 aliphatic rings. The Hall–Kier alpha value is -1.05. The van der Waals surface area contributed by atoms with E-state index in [0.717, 1.165) is 12.8 Å². The van der Waals surface area contributed by atoms with Crippen LogP contribution in [0.1, 0.15) is 245 Å². The fourth-order valence-corrected chi connectivity index (χ4v) is 6.52. The van der Waals surface area contributed by atoms with E-state index in [4.69, 9.17) is 4.74 Å². The first kappa shape index (κ1) is 45.0. The van der Waals surface area contributed by atoms with Gasteiger partial charge in [0.25, 0.3) is 0 Å². The summed E-state index contributed by atoms with van der Waals surface area (Å²) in [5, 5.41) is 0. The number of carbonyl (C=O) groups is 1. The Bertz CT molecular complexity index is 621. The van der Waals surface area contributed by atoms with E-state index in [9.17, 15) is 4.79 Å². The standard InChI is InChI=1S/C44H84O2/c1-3-5-7-9-11-13-15-17-19-21-22-23-24-25-27-29-31-33-35-37-39-41-43-46-44(45)42-40-38-36-34-32-30-28-26-20-18-16-14-12-10-8-6-4-2/h36,38,40,42H,3-35,37,39,41,43H2,1-2H3. The van der Waals surface area contributed by atoms with Crippen LogP contribution in [0.5, 0.6) is 0 Å². The van der Waals surface area contributed by atoms with Crippen molar-refractivity contribution in [2.45, 2.75) is 245 Å². The monoisotopic (exact) mass is 645 g/mol. The summed E-state index contributed by atoms with van der Waals surface area (Å²) >= 11 is 0. The molecule has 0 atom stereocenters. The van der Waals surface area contributed by atoms with Gasteiger partial charge in [-0.05, 0) is 19.3 Å². The molecule has 2 nitrogen and oxygen atoms in total. The molecule has 46 heavy (non-hydrogen) atoms. The van der Waals surface area contributed by atoms with Crippen molar-refractivity contribution in [1.82, 2.24) is 0 Å². The fraction of sp³-hybridized carbons (Fsp3) is 0.886. The normalized spacial score (nSPS) is 11.8. The first-order valence-electron chi connectivity index (χ1n) is 21.3. The molecule has 0 bridgehead atoms. The zero-order chi connectivity index (χ0) is 33.3. The maximum absolute atomic E-state index is 11.9.